The van der Waals surface area contributed by atoms with Crippen molar-refractivity contribution in [3.05, 3.63) is 11.6 Å². The molecule has 0 spiro atoms. The highest BCUT2D eigenvalue weighted by Crippen LogP contribution is 2.05. The average molecular weight is 238 g/mol. The SMILES string of the molecule is CCCCOC(=O)C(C#N)=CC(N)CCCC. The highest BCUT2D eigenvalue weighted by atomic mass is 16.5. The van der Waals surface area contributed by atoms with Crippen LogP contribution >= 0.6 is 0 Å². The lowest BCUT2D eigenvalue weighted by Gasteiger charge is -2.07. The molecule has 0 aliphatic carbocycles. The summed E-state index contributed by atoms with van der Waals surface area (Å²) in [4.78, 5) is 11.5. The van der Waals surface area contributed by atoms with Gasteiger partial charge in [-0.15, -0.1) is 0 Å². The molecule has 1 atom stereocenters. The number of carbonyl (C=O) groups excluding carboxylic acids is 1. The van der Waals surface area contributed by atoms with Gasteiger partial charge in [0, 0.05) is 6.04 Å². The number of hydrogen-bond donors (Lipinski definition) is 1. The number of hydrogen-bond acceptors (Lipinski definition) is 4. The molecule has 0 aromatic rings. The lowest BCUT2D eigenvalue weighted by atomic mass is 10.1. The zero-order valence-electron chi connectivity index (χ0n) is 10.7. The summed E-state index contributed by atoms with van der Waals surface area (Å²) in [5, 5.41) is 8.85. The zero-order valence-corrected chi connectivity index (χ0v) is 10.7. The average Bonchev–Trinajstić information content (AvgIpc) is 2.33. The molecule has 0 aliphatic rings. The number of nitrogens with two attached hydrogens (primary N) is 1. The van der Waals surface area contributed by atoms with Crippen LogP contribution in [0.4, 0.5) is 0 Å². The Labute approximate surface area is 103 Å². The van der Waals surface area contributed by atoms with E-state index in [2.05, 4.69) is 6.92 Å². The van der Waals surface area contributed by atoms with Crippen LogP contribution in [0.2, 0.25) is 0 Å². The van der Waals surface area contributed by atoms with E-state index < -0.39 is 5.97 Å². The van der Waals surface area contributed by atoms with Crippen LogP contribution in [0.15, 0.2) is 11.6 Å². The summed E-state index contributed by atoms with van der Waals surface area (Å²) in [5.74, 6) is -0.562. The molecule has 0 saturated carbocycles. The van der Waals surface area contributed by atoms with Crippen LogP contribution in [-0.2, 0) is 9.53 Å². The van der Waals surface area contributed by atoms with E-state index >= 15 is 0 Å². The van der Waals surface area contributed by atoms with Gasteiger partial charge in [0.1, 0.15) is 11.6 Å². The summed E-state index contributed by atoms with van der Waals surface area (Å²) in [6.07, 6.45) is 6.08. The molecule has 0 heterocycles. The molecule has 0 aromatic heterocycles. The fourth-order valence-corrected chi connectivity index (χ4v) is 1.28. The number of unbranched alkanes of at least 4 members (excludes halogenated alkanes) is 2. The molecule has 0 rings (SSSR count). The summed E-state index contributed by atoms with van der Waals surface area (Å²) < 4.78 is 4.96. The molecular formula is C13H22N2O2. The number of carbonyl (C=O) groups is 1. The molecule has 0 aromatic carbocycles. The van der Waals surface area contributed by atoms with E-state index in [0.29, 0.717) is 6.61 Å². The first-order valence-corrected chi connectivity index (χ1v) is 6.20. The summed E-state index contributed by atoms with van der Waals surface area (Å²) >= 11 is 0. The molecule has 17 heavy (non-hydrogen) atoms. The molecule has 1 unspecified atom stereocenters. The standard InChI is InChI=1S/C13H22N2O2/c1-3-5-7-12(15)9-11(10-14)13(16)17-8-6-4-2/h9,12H,3-8,15H2,1-2H3. The first-order valence-electron chi connectivity index (χ1n) is 6.20. The minimum Gasteiger partial charge on any atom is -0.462 e. The van der Waals surface area contributed by atoms with Crippen LogP contribution in [0.1, 0.15) is 46.0 Å². The van der Waals surface area contributed by atoms with Gasteiger partial charge in [0.25, 0.3) is 0 Å². The predicted octanol–water partition coefficient (Wildman–Crippen LogP) is 2.30. The van der Waals surface area contributed by atoms with Crippen LogP contribution < -0.4 is 5.73 Å². The Kier molecular flexibility index (Phi) is 9.08. The van der Waals surface area contributed by atoms with Crippen molar-refractivity contribution in [1.29, 1.82) is 5.26 Å². The van der Waals surface area contributed by atoms with E-state index in [1.807, 2.05) is 13.0 Å². The third-order valence-corrected chi connectivity index (χ3v) is 2.34. The van der Waals surface area contributed by atoms with Gasteiger partial charge in [0.15, 0.2) is 0 Å². The lowest BCUT2D eigenvalue weighted by molar-refractivity contribution is -0.138. The van der Waals surface area contributed by atoms with Gasteiger partial charge in [-0.25, -0.2) is 4.79 Å². The van der Waals surface area contributed by atoms with Crippen molar-refractivity contribution in [3.63, 3.8) is 0 Å². The minimum atomic E-state index is -0.562. The van der Waals surface area contributed by atoms with E-state index in [0.717, 1.165) is 32.1 Å². The molecule has 96 valence electrons. The molecule has 0 amide bonds. The molecule has 0 aliphatic heterocycles. The monoisotopic (exact) mass is 238 g/mol. The van der Waals surface area contributed by atoms with Gasteiger partial charge in [-0.05, 0) is 18.9 Å². The predicted molar refractivity (Wildman–Crippen MR) is 67.1 cm³/mol. The maximum Gasteiger partial charge on any atom is 0.348 e. The van der Waals surface area contributed by atoms with Crippen LogP contribution in [0, 0.1) is 11.3 Å². The number of ether oxygens (including phenoxy) is 1. The second kappa shape index (κ2) is 9.86. The summed E-state index contributed by atoms with van der Waals surface area (Å²) in [6, 6.07) is 1.60. The number of nitriles is 1. The van der Waals surface area contributed by atoms with Gasteiger partial charge in [-0.2, -0.15) is 5.26 Å². The van der Waals surface area contributed by atoms with E-state index in [-0.39, 0.29) is 11.6 Å². The van der Waals surface area contributed by atoms with Crippen LogP contribution in [0.5, 0.6) is 0 Å². The molecule has 4 heteroatoms. The van der Waals surface area contributed by atoms with Gasteiger partial charge >= 0.3 is 5.97 Å². The molecule has 0 fully saturated rings. The lowest BCUT2D eigenvalue weighted by Crippen LogP contribution is -2.19. The summed E-state index contributed by atoms with van der Waals surface area (Å²) in [6.45, 7) is 4.44. The fourth-order valence-electron chi connectivity index (χ4n) is 1.28. The normalized spacial score (nSPS) is 12.9. The van der Waals surface area contributed by atoms with Gasteiger partial charge in [-0.1, -0.05) is 33.1 Å². The Hall–Kier alpha value is -1.34. The fraction of sp³-hybridized carbons (Fsp3) is 0.692. The van der Waals surface area contributed by atoms with E-state index in [9.17, 15) is 4.79 Å². The quantitative estimate of drug-likeness (QED) is 0.305. The smallest absolute Gasteiger partial charge is 0.348 e. The Morgan fingerprint density at radius 3 is 2.59 bits per heavy atom. The van der Waals surface area contributed by atoms with Gasteiger partial charge < -0.3 is 10.5 Å². The molecule has 4 nitrogen and oxygen atoms in total. The van der Waals surface area contributed by atoms with Gasteiger partial charge in [0.05, 0.1) is 6.61 Å². The number of esters is 1. The maximum absolute atomic E-state index is 11.5. The zero-order chi connectivity index (χ0) is 13.1. The van der Waals surface area contributed by atoms with Crippen molar-refractivity contribution in [3.8, 4) is 6.07 Å². The van der Waals surface area contributed by atoms with Crippen molar-refractivity contribution >= 4 is 5.97 Å². The van der Waals surface area contributed by atoms with Gasteiger partial charge in [-0.3, -0.25) is 0 Å². The van der Waals surface area contributed by atoms with Crippen LogP contribution in [0.3, 0.4) is 0 Å². The third-order valence-electron chi connectivity index (χ3n) is 2.34. The second-order valence-electron chi connectivity index (χ2n) is 3.99. The van der Waals surface area contributed by atoms with Gasteiger partial charge in [0.2, 0.25) is 0 Å². The minimum absolute atomic E-state index is 0.0182. The molecule has 0 saturated heterocycles. The van der Waals surface area contributed by atoms with Crippen molar-refractivity contribution in [2.24, 2.45) is 5.73 Å². The number of nitrogens with zero attached hydrogens (tertiary/aromatic N) is 1. The highest BCUT2D eigenvalue weighted by molar-refractivity contribution is 5.92. The first-order chi connectivity index (χ1) is 8.15. The van der Waals surface area contributed by atoms with Crippen LogP contribution in [0.25, 0.3) is 0 Å². The van der Waals surface area contributed by atoms with Crippen molar-refractivity contribution in [1.82, 2.24) is 0 Å². The Morgan fingerprint density at radius 1 is 1.41 bits per heavy atom. The molecule has 0 radical (unpaired) electrons. The summed E-state index contributed by atoms with van der Waals surface area (Å²) in [7, 11) is 0. The number of rotatable bonds is 8. The van der Waals surface area contributed by atoms with Crippen molar-refractivity contribution in [2.45, 2.75) is 52.0 Å². The van der Waals surface area contributed by atoms with Crippen molar-refractivity contribution < 1.29 is 9.53 Å². The van der Waals surface area contributed by atoms with E-state index in [1.165, 1.54) is 6.08 Å². The Morgan fingerprint density at radius 2 is 2.06 bits per heavy atom. The Balaban J connectivity index is 4.24. The topological polar surface area (TPSA) is 76.1 Å². The third kappa shape index (κ3) is 7.53. The van der Waals surface area contributed by atoms with Crippen LogP contribution in [-0.4, -0.2) is 18.6 Å². The molecule has 0 bridgehead atoms. The Bertz CT molecular complexity index is 292. The highest BCUT2D eigenvalue weighted by Gasteiger charge is 2.11. The largest absolute Gasteiger partial charge is 0.462 e. The molecular weight excluding hydrogens is 216 g/mol. The van der Waals surface area contributed by atoms with E-state index in [1.54, 1.807) is 0 Å². The maximum atomic E-state index is 11.5. The summed E-state index contributed by atoms with van der Waals surface area (Å²) in [5.41, 5.74) is 5.81. The molecule has 2 N–H and O–H groups in total. The van der Waals surface area contributed by atoms with Crippen molar-refractivity contribution in [2.75, 3.05) is 6.61 Å². The van der Waals surface area contributed by atoms with E-state index in [4.69, 9.17) is 15.7 Å². The first kappa shape index (κ1) is 15.7. The second-order valence-corrected chi connectivity index (χ2v) is 3.99.